The van der Waals surface area contributed by atoms with Gasteiger partial charge in [0.25, 0.3) is 5.95 Å². The van der Waals surface area contributed by atoms with Crippen LogP contribution in [-0.2, 0) is 4.79 Å². The Morgan fingerprint density at radius 2 is 2.14 bits per heavy atom. The van der Waals surface area contributed by atoms with Crippen LogP contribution in [0.3, 0.4) is 0 Å². The summed E-state index contributed by atoms with van der Waals surface area (Å²) in [4.78, 5) is 12.0. The number of nitrogens with zero attached hydrogens (tertiary/aromatic N) is 3. The average molecular weight is 313 g/mol. The standard InChI is InChI=1S/C12H10F3N5O2/c13-12(14,15)22-9-4-2-1-3-6(9)7-5-8(7)10(21)16-11-17-19-20-18-11/h1-4,7-8H,5H2,(H2,16,17,18,19,20,21)/t7-,8-/m0/s1. The zero-order valence-corrected chi connectivity index (χ0v) is 11.0. The number of amides is 1. The normalized spacial score (nSPS) is 20.5. The fourth-order valence-corrected chi connectivity index (χ4v) is 2.25. The first kappa shape index (κ1) is 14.3. The SMILES string of the molecule is O=C(Nc1nn[nH]n1)[C@H]1C[C@H]1c1ccccc1OC(F)(F)F. The Morgan fingerprint density at radius 1 is 1.36 bits per heavy atom. The maximum absolute atomic E-state index is 12.4. The van der Waals surface area contributed by atoms with E-state index in [-0.39, 0.29) is 23.5 Å². The largest absolute Gasteiger partial charge is 0.573 e. The molecule has 0 radical (unpaired) electrons. The Morgan fingerprint density at radius 3 is 2.82 bits per heavy atom. The summed E-state index contributed by atoms with van der Waals surface area (Å²) >= 11 is 0. The zero-order chi connectivity index (χ0) is 15.7. The van der Waals surface area contributed by atoms with Gasteiger partial charge >= 0.3 is 6.36 Å². The van der Waals surface area contributed by atoms with E-state index in [2.05, 4.69) is 30.7 Å². The van der Waals surface area contributed by atoms with Crippen LogP contribution in [0.4, 0.5) is 19.1 Å². The summed E-state index contributed by atoms with van der Waals surface area (Å²) in [5, 5.41) is 15.1. The highest BCUT2D eigenvalue weighted by atomic mass is 19.4. The lowest BCUT2D eigenvalue weighted by Crippen LogP contribution is -2.18. The van der Waals surface area contributed by atoms with E-state index in [0.717, 1.165) is 0 Å². The molecule has 1 amide bonds. The third kappa shape index (κ3) is 3.15. The number of aromatic amines is 1. The summed E-state index contributed by atoms with van der Waals surface area (Å²) in [5.41, 5.74) is 0.355. The van der Waals surface area contributed by atoms with Gasteiger partial charge in [-0.1, -0.05) is 23.3 Å². The van der Waals surface area contributed by atoms with Crippen LogP contribution in [0.1, 0.15) is 17.9 Å². The molecule has 2 atom stereocenters. The smallest absolute Gasteiger partial charge is 0.405 e. The second-order valence-electron chi connectivity index (χ2n) is 4.76. The number of tetrazole rings is 1. The predicted molar refractivity (Wildman–Crippen MR) is 66.8 cm³/mol. The minimum Gasteiger partial charge on any atom is -0.405 e. The number of hydrogen-bond acceptors (Lipinski definition) is 5. The fraction of sp³-hybridized carbons (Fsp3) is 0.333. The molecule has 1 aliphatic carbocycles. The number of rotatable bonds is 4. The Bertz CT molecular complexity index is 674. The van der Waals surface area contributed by atoms with E-state index in [9.17, 15) is 18.0 Å². The van der Waals surface area contributed by atoms with Gasteiger partial charge in [0, 0.05) is 5.92 Å². The second-order valence-corrected chi connectivity index (χ2v) is 4.76. The quantitative estimate of drug-likeness (QED) is 0.898. The van der Waals surface area contributed by atoms with Gasteiger partial charge < -0.3 is 4.74 Å². The monoisotopic (exact) mass is 313 g/mol. The van der Waals surface area contributed by atoms with Gasteiger partial charge in [-0.3, -0.25) is 10.1 Å². The van der Waals surface area contributed by atoms with Gasteiger partial charge in [0.05, 0.1) is 0 Å². The molecule has 116 valence electrons. The van der Waals surface area contributed by atoms with Crippen LogP contribution in [0.2, 0.25) is 0 Å². The molecule has 1 aromatic heterocycles. The zero-order valence-electron chi connectivity index (χ0n) is 11.0. The van der Waals surface area contributed by atoms with E-state index in [1.165, 1.54) is 18.2 Å². The van der Waals surface area contributed by atoms with E-state index < -0.39 is 12.3 Å². The average Bonchev–Trinajstić information content (AvgIpc) is 3.08. The minimum absolute atomic E-state index is 0.0236. The summed E-state index contributed by atoms with van der Waals surface area (Å²) in [6.45, 7) is 0. The first-order valence-corrected chi connectivity index (χ1v) is 6.33. The number of alkyl halides is 3. The summed E-state index contributed by atoms with van der Waals surface area (Å²) in [6.07, 6.45) is -4.34. The van der Waals surface area contributed by atoms with Crippen molar-refractivity contribution in [3.63, 3.8) is 0 Å². The molecule has 1 heterocycles. The van der Waals surface area contributed by atoms with Gasteiger partial charge in [0.2, 0.25) is 5.91 Å². The lowest BCUT2D eigenvalue weighted by Gasteiger charge is -2.12. The van der Waals surface area contributed by atoms with E-state index >= 15 is 0 Å². The molecule has 0 spiro atoms. The Labute approximate surface area is 121 Å². The molecule has 7 nitrogen and oxygen atoms in total. The number of benzene rings is 1. The highest BCUT2D eigenvalue weighted by Crippen LogP contribution is 2.51. The van der Waals surface area contributed by atoms with Crippen molar-refractivity contribution in [3.8, 4) is 5.75 Å². The van der Waals surface area contributed by atoms with Gasteiger partial charge in [-0.15, -0.1) is 18.3 Å². The van der Waals surface area contributed by atoms with E-state index in [4.69, 9.17) is 0 Å². The Kier molecular flexibility index (Phi) is 3.43. The number of nitrogens with one attached hydrogen (secondary N) is 2. The van der Waals surface area contributed by atoms with Crippen molar-refractivity contribution in [2.75, 3.05) is 5.32 Å². The Balaban J connectivity index is 1.70. The van der Waals surface area contributed by atoms with Crippen LogP contribution in [0.5, 0.6) is 5.75 Å². The maximum atomic E-state index is 12.4. The van der Waals surface area contributed by atoms with Crippen LogP contribution < -0.4 is 10.1 Å². The highest BCUT2D eigenvalue weighted by molar-refractivity contribution is 5.93. The highest BCUT2D eigenvalue weighted by Gasteiger charge is 2.46. The maximum Gasteiger partial charge on any atom is 0.573 e. The Hall–Kier alpha value is -2.65. The molecule has 10 heteroatoms. The molecular weight excluding hydrogens is 303 g/mol. The van der Waals surface area contributed by atoms with Crippen LogP contribution in [0, 0.1) is 5.92 Å². The molecule has 1 fully saturated rings. The molecule has 1 saturated carbocycles. The number of carbonyl (C=O) groups excluding carboxylic acids is 1. The van der Waals surface area contributed by atoms with Gasteiger partial charge in [0.1, 0.15) is 5.75 Å². The summed E-state index contributed by atoms with van der Waals surface area (Å²) in [5.74, 6) is -1.40. The van der Waals surface area contributed by atoms with E-state index in [1.54, 1.807) is 6.07 Å². The summed E-state index contributed by atoms with van der Waals surface area (Å²) < 4.78 is 41.2. The number of halogens is 3. The van der Waals surface area contributed by atoms with Gasteiger partial charge in [-0.05, 0) is 29.2 Å². The van der Waals surface area contributed by atoms with Crippen molar-refractivity contribution in [1.29, 1.82) is 0 Å². The molecule has 1 aliphatic rings. The topological polar surface area (TPSA) is 92.8 Å². The molecule has 1 aromatic carbocycles. The number of hydrogen-bond donors (Lipinski definition) is 2. The number of aromatic nitrogens is 4. The lowest BCUT2D eigenvalue weighted by atomic mass is 10.1. The number of ether oxygens (including phenoxy) is 1. The van der Waals surface area contributed by atoms with E-state index in [0.29, 0.717) is 12.0 Å². The molecule has 3 rings (SSSR count). The molecular formula is C12H10F3N5O2. The van der Waals surface area contributed by atoms with Crippen molar-refractivity contribution < 1.29 is 22.7 Å². The molecule has 2 aromatic rings. The van der Waals surface area contributed by atoms with Gasteiger partial charge in [-0.25, -0.2) is 0 Å². The van der Waals surface area contributed by atoms with Crippen molar-refractivity contribution in [2.45, 2.75) is 18.7 Å². The molecule has 0 bridgehead atoms. The third-order valence-corrected chi connectivity index (χ3v) is 3.25. The van der Waals surface area contributed by atoms with Crippen LogP contribution in [-0.4, -0.2) is 32.9 Å². The predicted octanol–water partition coefficient (Wildman–Crippen LogP) is 1.84. The third-order valence-electron chi connectivity index (χ3n) is 3.25. The molecule has 2 N–H and O–H groups in total. The van der Waals surface area contributed by atoms with Crippen LogP contribution >= 0.6 is 0 Å². The molecule has 0 unspecified atom stereocenters. The number of H-pyrrole nitrogens is 1. The number of anilines is 1. The van der Waals surface area contributed by atoms with Crippen molar-refractivity contribution in [2.24, 2.45) is 5.92 Å². The lowest BCUT2D eigenvalue weighted by molar-refractivity contribution is -0.274. The summed E-state index contributed by atoms with van der Waals surface area (Å²) in [7, 11) is 0. The summed E-state index contributed by atoms with van der Waals surface area (Å²) in [6, 6.07) is 5.80. The van der Waals surface area contributed by atoms with E-state index in [1.807, 2.05) is 0 Å². The second kappa shape index (κ2) is 5.28. The van der Waals surface area contributed by atoms with Crippen LogP contribution in [0.15, 0.2) is 24.3 Å². The molecule has 0 aliphatic heterocycles. The van der Waals surface area contributed by atoms with Crippen molar-refractivity contribution in [1.82, 2.24) is 20.6 Å². The van der Waals surface area contributed by atoms with Crippen molar-refractivity contribution >= 4 is 11.9 Å². The first-order chi connectivity index (χ1) is 10.4. The molecule has 22 heavy (non-hydrogen) atoms. The minimum atomic E-state index is -4.77. The first-order valence-electron chi connectivity index (χ1n) is 6.33. The van der Waals surface area contributed by atoms with Crippen molar-refractivity contribution in [3.05, 3.63) is 29.8 Å². The number of para-hydroxylation sites is 1. The van der Waals surface area contributed by atoms with Crippen LogP contribution in [0.25, 0.3) is 0 Å². The van der Waals surface area contributed by atoms with Gasteiger partial charge in [0.15, 0.2) is 0 Å². The van der Waals surface area contributed by atoms with Gasteiger partial charge in [-0.2, -0.15) is 5.21 Å². The fourth-order valence-electron chi connectivity index (χ4n) is 2.25. The molecule has 0 saturated heterocycles. The number of carbonyl (C=O) groups is 1.